The average Bonchev–Trinajstić information content (AvgIpc) is 2.67. The van der Waals surface area contributed by atoms with E-state index in [0.717, 1.165) is 21.3 Å². The summed E-state index contributed by atoms with van der Waals surface area (Å²) >= 11 is 9.26. The van der Waals surface area contributed by atoms with Crippen LogP contribution in [-0.4, -0.2) is 12.1 Å². The standard InChI is InChI=1S/C21H16BrClN2O2/c22-18-5-1-4-16(11-18)14-27-20-6-2-3-15(12-20)13-24-25-21(26)17-7-9-19(23)10-8-17/h1-13H,14H2,(H,25,26)/b24-13-. The Kier molecular flexibility index (Phi) is 6.63. The molecule has 0 fully saturated rings. The van der Waals surface area contributed by atoms with Crippen LogP contribution in [0.3, 0.4) is 0 Å². The van der Waals surface area contributed by atoms with Crippen LogP contribution in [0.4, 0.5) is 0 Å². The molecule has 6 heteroatoms. The number of nitrogens with one attached hydrogen (secondary N) is 1. The number of rotatable bonds is 6. The number of nitrogens with zero attached hydrogens (tertiary/aromatic N) is 1. The van der Waals surface area contributed by atoms with Gasteiger partial charge in [0.2, 0.25) is 0 Å². The number of hydrogen-bond acceptors (Lipinski definition) is 3. The molecule has 0 aliphatic carbocycles. The van der Waals surface area contributed by atoms with Crippen molar-refractivity contribution in [3.8, 4) is 5.75 Å². The fraction of sp³-hybridized carbons (Fsp3) is 0.0476. The molecule has 3 aromatic rings. The topological polar surface area (TPSA) is 50.7 Å². The zero-order valence-corrected chi connectivity index (χ0v) is 16.6. The smallest absolute Gasteiger partial charge is 0.271 e. The van der Waals surface area contributed by atoms with Crippen LogP contribution in [-0.2, 0) is 6.61 Å². The van der Waals surface area contributed by atoms with Crippen molar-refractivity contribution in [3.63, 3.8) is 0 Å². The normalized spacial score (nSPS) is 10.7. The molecule has 0 atom stereocenters. The molecule has 0 aliphatic heterocycles. The molecule has 27 heavy (non-hydrogen) atoms. The summed E-state index contributed by atoms with van der Waals surface area (Å²) in [7, 11) is 0. The second-order valence-corrected chi connectivity index (χ2v) is 7.05. The average molecular weight is 444 g/mol. The molecule has 1 amide bonds. The van der Waals surface area contributed by atoms with Crippen molar-refractivity contribution in [2.75, 3.05) is 0 Å². The lowest BCUT2D eigenvalue weighted by molar-refractivity contribution is 0.0955. The summed E-state index contributed by atoms with van der Waals surface area (Å²) in [6.45, 7) is 0.466. The van der Waals surface area contributed by atoms with Gasteiger partial charge in [-0.15, -0.1) is 0 Å². The van der Waals surface area contributed by atoms with E-state index in [1.807, 2.05) is 48.5 Å². The van der Waals surface area contributed by atoms with E-state index in [0.29, 0.717) is 17.2 Å². The highest BCUT2D eigenvalue weighted by Crippen LogP contribution is 2.16. The van der Waals surface area contributed by atoms with Gasteiger partial charge in [0.15, 0.2) is 0 Å². The Bertz CT molecular complexity index is 958. The molecule has 0 saturated carbocycles. The zero-order valence-electron chi connectivity index (χ0n) is 14.2. The molecular weight excluding hydrogens is 428 g/mol. The van der Waals surface area contributed by atoms with Crippen molar-refractivity contribution >= 4 is 39.7 Å². The predicted molar refractivity (Wildman–Crippen MR) is 111 cm³/mol. The summed E-state index contributed by atoms with van der Waals surface area (Å²) in [5.41, 5.74) is 4.87. The molecule has 0 heterocycles. The maximum absolute atomic E-state index is 12.0. The van der Waals surface area contributed by atoms with Crippen molar-refractivity contribution in [2.24, 2.45) is 5.10 Å². The Hall–Kier alpha value is -2.63. The number of carbonyl (C=O) groups excluding carboxylic acids is 1. The van der Waals surface area contributed by atoms with Crippen LogP contribution < -0.4 is 10.2 Å². The summed E-state index contributed by atoms with van der Waals surface area (Å²) in [6.07, 6.45) is 1.57. The highest BCUT2D eigenvalue weighted by Gasteiger charge is 2.03. The Morgan fingerprint density at radius 3 is 2.63 bits per heavy atom. The van der Waals surface area contributed by atoms with E-state index >= 15 is 0 Å². The number of halogens is 2. The van der Waals surface area contributed by atoms with Gasteiger partial charge >= 0.3 is 0 Å². The van der Waals surface area contributed by atoms with Gasteiger partial charge in [-0.05, 0) is 59.7 Å². The molecule has 1 N–H and O–H groups in total. The zero-order chi connectivity index (χ0) is 19.1. The molecule has 3 aromatic carbocycles. The monoisotopic (exact) mass is 442 g/mol. The molecule has 0 bridgehead atoms. The van der Waals surface area contributed by atoms with Crippen LogP contribution >= 0.6 is 27.5 Å². The molecule has 0 spiro atoms. The van der Waals surface area contributed by atoms with Crippen LogP contribution in [0.25, 0.3) is 0 Å². The first kappa shape index (κ1) is 19.1. The Morgan fingerprint density at radius 2 is 1.85 bits per heavy atom. The van der Waals surface area contributed by atoms with Gasteiger partial charge in [-0.1, -0.05) is 51.8 Å². The van der Waals surface area contributed by atoms with Gasteiger partial charge in [-0.25, -0.2) is 5.43 Å². The lowest BCUT2D eigenvalue weighted by Gasteiger charge is -2.07. The number of ether oxygens (including phenoxy) is 1. The molecule has 0 radical (unpaired) electrons. The molecule has 4 nitrogen and oxygen atoms in total. The van der Waals surface area contributed by atoms with E-state index in [1.54, 1.807) is 30.5 Å². The van der Waals surface area contributed by atoms with Gasteiger partial charge in [0.05, 0.1) is 6.21 Å². The number of hydrazone groups is 1. The Morgan fingerprint density at radius 1 is 1.07 bits per heavy atom. The quantitative estimate of drug-likeness (QED) is 0.407. The maximum Gasteiger partial charge on any atom is 0.271 e. The first-order valence-electron chi connectivity index (χ1n) is 8.16. The number of carbonyl (C=O) groups is 1. The first-order chi connectivity index (χ1) is 13.1. The largest absolute Gasteiger partial charge is 0.489 e. The number of amides is 1. The summed E-state index contributed by atoms with van der Waals surface area (Å²) in [5.74, 6) is 0.424. The van der Waals surface area contributed by atoms with Gasteiger partial charge in [0.1, 0.15) is 12.4 Å². The third-order valence-electron chi connectivity index (χ3n) is 3.64. The van der Waals surface area contributed by atoms with Crippen LogP contribution in [0.2, 0.25) is 5.02 Å². The van der Waals surface area contributed by atoms with Gasteiger partial charge in [0.25, 0.3) is 5.91 Å². The third kappa shape index (κ3) is 5.94. The predicted octanol–water partition coefficient (Wildman–Crippen LogP) is 5.45. The van der Waals surface area contributed by atoms with Gasteiger partial charge in [-0.3, -0.25) is 4.79 Å². The minimum Gasteiger partial charge on any atom is -0.489 e. The second-order valence-electron chi connectivity index (χ2n) is 5.70. The fourth-order valence-corrected chi connectivity index (χ4v) is 2.88. The van der Waals surface area contributed by atoms with E-state index < -0.39 is 0 Å². The lowest BCUT2D eigenvalue weighted by atomic mass is 10.2. The van der Waals surface area contributed by atoms with Gasteiger partial charge in [-0.2, -0.15) is 5.10 Å². The molecule has 0 aliphatic rings. The van der Waals surface area contributed by atoms with Crippen molar-refractivity contribution in [3.05, 3.63) is 99.0 Å². The van der Waals surface area contributed by atoms with Crippen molar-refractivity contribution in [2.45, 2.75) is 6.61 Å². The molecular formula is C21H16BrClN2O2. The van der Waals surface area contributed by atoms with E-state index in [9.17, 15) is 4.79 Å². The molecule has 0 aromatic heterocycles. The third-order valence-corrected chi connectivity index (χ3v) is 4.38. The number of hydrogen-bond donors (Lipinski definition) is 1. The van der Waals surface area contributed by atoms with Crippen LogP contribution in [0.5, 0.6) is 5.75 Å². The maximum atomic E-state index is 12.0. The van der Waals surface area contributed by atoms with Crippen molar-refractivity contribution in [1.29, 1.82) is 0 Å². The SMILES string of the molecule is O=C(N/N=C\c1cccc(OCc2cccc(Br)c2)c1)c1ccc(Cl)cc1. The van der Waals surface area contributed by atoms with E-state index in [-0.39, 0.29) is 5.91 Å². The minimum absolute atomic E-state index is 0.301. The fourth-order valence-electron chi connectivity index (χ4n) is 2.31. The summed E-state index contributed by atoms with van der Waals surface area (Å²) in [4.78, 5) is 12.0. The summed E-state index contributed by atoms with van der Waals surface area (Å²) < 4.78 is 6.83. The van der Waals surface area contributed by atoms with E-state index in [1.165, 1.54) is 0 Å². The van der Waals surface area contributed by atoms with Crippen LogP contribution in [0.1, 0.15) is 21.5 Å². The first-order valence-corrected chi connectivity index (χ1v) is 9.33. The Balaban J connectivity index is 1.57. The molecule has 0 unspecified atom stereocenters. The molecule has 0 saturated heterocycles. The van der Waals surface area contributed by atoms with E-state index in [4.69, 9.17) is 16.3 Å². The molecule has 3 rings (SSSR count). The highest BCUT2D eigenvalue weighted by molar-refractivity contribution is 9.10. The van der Waals surface area contributed by atoms with Crippen molar-refractivity contribution < 1.29 is 9.53 Å². The van der Waals surface area contributed by atoms with Gasteiger partial charge in [0, 0.05) is 15.1 Å². The Labute approximate surface area is 171 Å². The van der Waals surface area contributed by atoms with Crippen molar-refractivity contribution in [1.82, 2.24) is 5.43 Å². The van der Waals surface area contributed by atoms with Crippen LogP contribution in [0, 0.1) is 0 Å². The second kappa shape index (κ2) is 9.35. The van der Waals surface area contributed by atoms with Crippen LogP contribution in [0.15, 0.2) is 82.4 Å². The highest BCUT2D eigenvalue weighted by atomic mass is 79.9. The molecule has 136 valence electrons. The lowest BCUT2D eigenvalue weighted by Crippen LogP contribution is -2.17. The summed E-state index contributed by atoms with van der Waals surface area (Å²) in [6, 6.07) is 22.0. The summed E-state index contributed by atoms with van der Waals surface area (Å²) in [5, 5.41) is 4.57. The van der Waals surface area contributed by atoms with E-state index in [2.05, 4.69) is 26.5 Å². The van der Waals surface area contributed by atoms with Gasteiger partial charge < -0.3 is 4.74 Å². The minimum atomic E-state index is -0.301. The number of benzene rings is 3.